The van der Waals surface area contributed by atoms with Gasteiger partial charge in [0.05, 0.1) is 0 Å². The maximum Gasteiger partial charge on any atom is 0.293 e. The van der Waals surface area contributed by atoms with Crippen LogP contribution in [0.2, 0.25) is 0 Å². The van der Waals surface area contributed by atoms with Crippen molar-refractivity contribution in [3.63, 3.8) is 0 Å². The number of likely N-dealkylation sites (tertiary alicyclic amines) is 1. The fourth-order valence-electron chi connectivity index (χ4n) is 2.40. The van der Waals surface area contributed by atoms with Crippen molar-refractivity contribution >= 4 is 5.91 Å². The highest BCUT2D eigenvalue weighted by molar-refractivity contribution is 5.90. The van der Waals surface area contributed by atoms with Crippen LogP contribution >= 0.6 is 0 Å². The van der Waals surface area contributed by atoms with Crippen LogP contribution in [0.15, 0.2) is 0 Å². The van der Waals surface area contributed by atoms with E-state index in [1.165, 1.54) is 0 Å². The van der Waals surface area contributed by atoms with Gasteiger partial charge in [-0.3, -0.25) is 9.89 Å². The quantitative estimate of drug-likeness (QED) is 0.798. The number of hydrogen-bond donors (Lipinski definition) is 2. The number of carbonyl (C=O) groups is 1. The van der Waals surface area contributed by atoms with Crippen molar-refractivity contribution in [3.05, 3.63) is 11.6 Å². The molecule has 2 unspecified atom stereocenters. The van der Waals surface area contributed by atoms with Gasteiger partial charge in [-0.25, -0.2) is 4.98 Å². The van der Waals surface area contributed by atoms with Gasteiger partial charge in [-0.2, -0.15) is 0 Å². The SMILES string of the molecule is CC1CN(C(=O)c2n[nH]c(C3CC3)n2)CCC1N. The number of aromatic amines is 1. The number of nitrogens with two attached hydrogens (primary N) is 1. The molecule has 18 heavy (non-hydrogen) atoms. The van der Waals surface area contributed by atoms with Gasteiger partial charge in [-0.1, -0.05) is 6.92 Å². The number of amides is 1. The zero-order valence-corrected chi connectivity index (χ0v) is 10.6. The molecule has 1 saturated carbocycles. The summed E-state index contributed by atoms with van der Waals surface area (Å²) in [6.45, 7) is 3.49. The lowest BCUT2D eigenvalue weighted by molar-refractivity contribution is 0.0652. The molecule has 2 fully saturated rings. The summed E-state index contributed by atoms with van der Waals surface area (Å²) in [5.74, 6) is 1.92. The monoisotopic (exact) mass is 249 g/mol. The fraction of sp³-hybridized carbons (Fsp3) is 0.750. The summed E-state index contributed by atoms with van der Waals surface area (Å²) in [7, 11) is 0. The average Bonchev–Trinajstić information content (AvgIpc) is 3.10. The third-order valence-electron chi connectivity index (χ3n) is 3.92. The first-order valence-corrected chi connectivity index (χ1v) is 6.62. The molecular formula is C12H19N5O. The number of piperidine rings is 1. The van der Waals surface area contributed by atoms with Crippen molar-refractivity contribution in [2.24, 2.45) is 11.7 Å². The van der Waals surface area contributed by atoms with Crippen molar-refractivity contribution in [2.75, 3.05) is 13.1 Å². The van der Waals surface area contributed by atoms with Gasteiger partial charge in [0.1, 0.15) is 5.82 Å². The average molecular weight is 249 g/mol. The van der Waals surface area contributed by atoms with Crippen LogP contribution in [0.5, 0.6) is 0 Å². The summed E-state index contributed by atoms with van der Waals surface area (Å²) in [4.78, 5) is 18.4. The minimum absolute atomic E-state index is 0.0723. The van der Waals surface area contributed by atoms with Gasteiger partial charge < -0.3 is 10.6 Å². The van der Waals surface area contributed by atoms with Gasteiger partial charge in [0.25, 0.3) is 5.91 Å². The molecular weight excluding hydrogens is 230 g/mol. The molecule has 3 N–H and O–H groups in total. The first kappa shape index (κ1) is 11.6. The highest BCUT2D eigenvalue weighted by atomic mass is 16.2. The number of aromatic nitrogens is 3. The molecule has 0 radical (unpaired) electrons. The third kappa shape index (κ3) is 2.12. The lowest BCUT2D eigenvalue weighted by Crippen LogP contribution is -2.48. The van der Waals surface area contributed by atoms with E-state index in [4.69, 9.17) is 5.73 Å². The summed E-state index contributed by atoms with van der Waals surface area (Å²) in [5, 5.41) is 6.91. The van der Waals surface area contributed by atoms with Crippen LogP contribution in [0.4, 0.5) is 0 Å². The van der Waals surface area contributed by atoms with Gasteiger partial charge in [-0.15, -0.1) is 5.10 Å². The van der Waals surface area contributed by atoms with E-state index in [9.17, 15) is 4.79 Å². The Morgan fingerprint density at radius 2 is 2.22 bits per heavy atom. The second-order valence-electron chi connectivity index (χ2n) is 5.50. The Bertz CT molecular complexity index is 453. The van der Waals surface area contributed by atoms with Gasteiger partial charge in [0, 0.05) is 25.0 Å². The van der Waals surface area contributed by atoms with E-state index in [0.29, 0.717) is 30.7 Å². The van der Waals surface area contributed by atoms with E-state index in [2.05, 4.69) is 22.1 Å². The third-order valence-corrected chi connectivity index (χ3v) is 3.92. The Kier molecular flexibility index (Phi) is 2.81. The minimum Gasteiger partial charge on any atom is -0.335 e. The first-order chi connectivity index (χ1) is 8.65. The number of nitrogens with one attached hydrogen (secondary N) is 1. The molecule has 2 atom stereocenters. The Morgan fingerprint density at radius 1 is 1.44 bits per heavy atom. The molecule has 98 valence electrons. The van der Waals surface area contributed by atoms with Gasteiger partial charge in [-0.05, 0) is 25.2 Å². The van der Waals surface area contributed by atoms with E-state index < -0.39 is 0 Å². The van der Waals surface area contributed by atoms with E-state index >= 15 is 0 Å². The molecule has 6 nitrogen and oxygen atoms in total. The van der Waals surface area contributed by atoms with Gasteiger partial charge in [0.15, 0.2) is 0 Å². The molecule has 2 heterocycles. The number of H-pyrrole nitrogens is 1. The first-order valence-electron chi connectivity index (χ1n) is 6.62. The molecule has 1 aromatic heterocycles. The van der Waals surface area contributed by atoms with Crippen molar-refractivity contribution in [1.29, 1.82) is 0 Å². The fourth-order valence-corrected chi connectivity index (χ4v) is 2.40. The molecule has 2 aliphatic rings. The van der Waals surface area contributed by atoms with Crippen LogP contribution < -0.4 is 5.73 Å². The molecule has 6 heteroatoms. The largest absolute Gasteiger partial charge is 0.335 e. The molecule has 1 aromatic rings. The Balaban J connectivity index is 1.69. The normalized spacial score (nSPS) is 28.4. The van der Waals surface area contributed by atoms with Crippen molar-refractivity contribution in [3.8, 4) is 0 Å². The van der Waals surface area contributed by atoms with Crippen LogP contribution in [0.3, 0.4) is 0 Å². The van der Waals surface area contributed by atoms with Crippen molar-refractivity contribution in [1.82, 2.24) is 20.1 Å². The Morgan fingerprint density at radius 3 is 2.89 bits per heavy atom. The van der Waals surface area contributed by atoms with E-state index in [1.54, 1.807) is 0 Å². The Hall–Kier alpha value is -1.43. The zero-order valence-electron chi connectivity index (χ0n) is 10.6. The lowest BCUT2D eigenvalue weighted by atomic mass is 9.95. The molecule has 1 saturated heterocycles. The maximum absolute atomic E-state index is 12.2. The molecule has 0 bridgehead atoms. The highest BCUT2D eigenvalue weighted by Crippen LogP contribution is 2.37. The van der Waals surface area contributed by atoms with Crippen LogP contribution in [0, 0.1) is 5.92 Å². The minimum atomic E-state index is -0.0723. The van der Waals surface area contributed by atoms with Crippen LogP contribution in [-0.4, -0.2) is 45.1 Å². The van der Waals surface area contributed by atoms with E-state index in [1.807, 2.05) is 4.90 Å². The number of nitrogens with zero attached hydrogens (tertiary/aromatic N) is 3. The number of hydrogen-bond acceptors (Lipinski definition) is 4. The lowest BCUT2D eigenvalue weighted by Gasteiger charge is -2.34. The molecule has 1 aliphatic heterocycles. The molecule has 1 aliphatic carbocycles. The molecule has 0 aromatic carbocycles. The predicted octanol–water partition coefficient (Wildman–Crippen LogP) is 0.491. The summed E-state index contributed by atoms with van der Waals surface area (Å²) in [6.07, 6.45) is 3.16. The van der Waals surface area contributed by atoms with Gasteiger partial charge >= 0.3 is 0 Å². The number of rotatable bonds is 2. The summed E-state index contributed by atoms with van der Waals surface area (Å²) >= 11 is 0. The summed E-state index contributed by atoms with van der Waals surface area (Å²) < 4.78 is 0. The predicted molar refractivity (Wildman–Crippen MR) is 66.0 cm³/mol. The summed E-state index contributed by atoms with van der Waals surface area (Å²) in [6, 6.07) is 0.197. The zero-order chi connectivity index (χ0) is 12.7. The van der Waals surface area contributed by atoms with Crippen LogP contribution in [0.1, 0.15) is 48.5 Å². The van der Waals surface area contributed by atoms with Crippen LogP contribution in [0.25, 0.3) is 0 Å². The topological polar surface area (TPSA) is 87.9 Å². The van der Waals surface area contributed by atoms with Crippen molar-refractivity contribution < 1.29 is 4.79 Å². The maximum atomic E-state index is 12.2. The second-order valence-corrected chi connectivity index (χ2v) is 5.50. The van der Waals surface area contributed by atoms with Gasteiger partial charge in [0.2, 0.25) is 5.82 Å². The van der Waals surface area contributed by atoms with E-state index in [0.717, 1.165) is 25.1 Å². The molecule has 0 spiro atoms. The molecule has 3 rings (SSSR count). The summed E-state index contributed by atoms with van der Waals surface area (Å²) in [5.41, 5.74) is 5.96. The van der Waals surface area contributed by atoms with Crippen LogP contribution in [-0.2, 0) is 0 Å². The smallest absolute Gasteiger partial charge is 0.293 e. The standard InChI is InChI=1S/C12H19N5O/c1-7-6-17(5-4-9(7)13)12(18)11-14-10(15-16-11)8-2-3-8/h7-9H,2-6,13H2,1H3,(H,14,15,16). The Labute approximate surface area is 106 Å². The highest BCUT2D eigenvalue weighted by Gasteiger charge is 2.31. The van der Waals surface area contributed by atoms with E-state index in [-0.39, 0.29) is 11.9 Å². The molecule has 1 amide bonds. The number of carbonyl (C=O) groups excluding carboxylic acids is 1. The second kappa shape index (κ2) is 4.35. The van der Waals surface area contributed by atoms with Crippen molar-refractivity contribution in [2.45, 2.75) is 38.1 Å².